The fraction of sp³-hybridized carbons (Fsp3) is 0.588. The third kappa shape index (κ3) is 3.08. The van der Waals surface area contributed by atoms with Crippen LogP contribution in [0.2, 0.25) is 5.02 Å². The monoisotopic (exact) mass is 321 g/mol. The van der Waals surface area contributed by atoms with Gasteiger partial charge in [0.05, 0.1) is 12.1 Å². The Kier molecular flexibility index (Phi) is 4.33. The van der Waals surface area contributed by atoms with Crippen LogP contribution in [0.25, 0.3) is 0 Å². The Labute approximate surface area is 137 Å². The average molecular weight is 322 g/mol. The topological polar surface area (TPSA) is 35.6 Å². The van der Waals surface area contributed by atoms with E-state index in [-0.39, 0.29) is 11.4 Å². The molecule has 0 unspecified atom stereocenters. The predicted molar refractivity (Wildman–Crippen MR) is 90.4 cm³/mol. The Bertz CT molecular complexity index is 567. The molecule has 2 aliphatic rings. The Hall–Kier alpha value is -1.26. The van der Waals surface area contributed by atoms with Crippen molar-refractivity contribution in [2.75, 3.05) is 32.1 Å². The van der Waals surface area contributed by atoms with E-state index in [1.807, 2.05) is 26.2 Å². The van der Waals surface area contributed by atoms with E-state index in [9.17, 15) is 4.79 Å². The number of hydrogen-bond acceptors (Lipinski definition) is 3. The number of hydrogen-bond donors (Lipinski definition) is 1. The van der Waals surface area contributed by atoms with Gasteiger partial charge in [-0.25, -0.2) is 0 Å². The second-order valence-corrected chi connectivity index (χ2v) is 7.22. The molecule has 1 heterocycles. The number of piperazine rings is 1. The van der Waals surface area contributed by atoms with Gasteiger partial charge in [0.25, 0.3) is 0 Å². The first-order valence-corrected chi connectivity index (χ1v) is 8.35. The first kappa shape index (κ1) is 15.6. The number of carbonyl (C=O) groups excluding carboxylic acids is 1. The number of benzene rings is 1. The van der Waals surface area contributed by atoms with E-state index in [2.05, 4.69) is 21.2 Å². The van der Waals surface area contributed by atoms with Crippen molar-refractivity contribution in [3.05, 3.63) is 28.8 Å². The Balaban J connectivity index is 1.82. The molecule has 22 heavy (non-hydrogen) atoms. The van der Waals surface area contributed by atoms with Crippen LogP contribution in [0.5, 0.6) is 0 Å². The van der Waals surface area contributed by atoms with Gasteiger partial charge in [0.1, 0.15) is 0 Å². The summed E-state index contributed by atoms with van der Waals surface area (Å²) in [5.74, 6) is 0.145. The summed E-state index contributed by atoms with van der Waals surface area (Å²) < 4.78 is 0. The zero-order valence-corrected chi connectivity index (χ0v) is 14.1. The summed E-state index contributed by atoms with van der Waals surface area (Å²) in [6.45, 7) is 2.11. The predicted octanol–water partition coefficient (Wildman–Crippen LogP) is 2.65. The summed E-state index contributed by atoms with van der Waals surface area (Å²) >= 11 is 6.43. The molecule has 120 valence electrons. The molecule has 0 bridgehead atoms. The zero-order chi connectivity index (χ0) is 15.7. The van der Waals surface area contributed by atoms with Crippen molar-refractivity contribution in [3.8, 4) is 0 Å². The molecule has 1 aliphatic heterocycles. The first-order valence-electron chi connectivity index (χ1n) is 7.97. The lowest BCUT2D eigenvalue weighted by molar-refractivity contribution is -0.128. The highest BCUT2D eigenvalue weighted by Crippen LogP contribution is 2.34. The highest BCUT2D eigenvalue weighted by Gasteiger charge is 2.40. The van der Waals surface area contributed by atoms with Crippen LogP contribution in [0.3, 0.4) is 0 Å². The molecule has 2 fully saturated rings. The lowest BCUT2D eigenvalue weighted by Gasteiger charge is -2.41. The van der Waals surface area contributed by atoms with Crippen LogP contribution in [0.1, 0.15) is 31.2 Å². The summed E-state index contributed by atoms with van der Waals surface area (Å²) in [5.41, 5.74) is 2.23. The maximum atomic E-state index is 12.1. The number of anilines is 1. The molecular weight excluding hydrogens is 298 g/mol. The minimum atomic E-state index is -0.00509. The summed E-state index contributed by atoms with van der Waals surface area (Å²) in [6.07, 6.45) is 4.61. The van der Waals surface area contributed by atoms with Gasteiger partial charge in [0.15, 0.2) is 0 Å². The molecule has 1 spiro atoms. The standard InChI is InChI=1S/C17H24ClN3O/c1-20(2)15-7-5-6-14(18)13(15)10-21-11-16(22)19-17(12-21)8-3-4-9-17/h5-7H,3-4,8-12H2,1-2H3,(H,19,22). The van der Waals surface area contributed by atoms with Crippen LogP contribution < -0.4 is 10.2 Å². The SMILES string of the molecule is CN(C)c1cccc(Cl)c1CN1CC(=O)NC2(CCCC2)C1. The lowest BCUT2D eigenvalue weighted by atomic mass is 9.94. The second kappa shape index (κ2) is 6.09. The van der Waals surface area contributed by atoms with Gasteiger partial charge in [-0.05, 0) is 25.0 Å². The van der Waals surface area contributed by atoms with Gasteiger partial charge in [-0.1, -0.05) is 30.5 Å². The summed E-state index contributed by atoms with van der Waals surface area (Å²) in [6, 6.07) is 5.98. The highest BCUT2D eigenvalue weighted by atomic mass is 35.5. The van der Waals surface area contributed by atoms with Crippen molar-refractivity contribution in [3.63, 3.8) is 0 Å². The Morgan fingerprint density at radius 2 is 2.05 bits per heavy atom. The molecule has 0 atom stereocenters. The molecule has 1 aromatic carbocycles. The molecule has 1 N–H and O–H groups in total. The molecule has 3 rings (SSSR count). The molecule has 1 saturated heterocycles. The van der Waals surface area contributed by atoms with Gasteiger partial charge < -0.3 is 10.2 Å². The Morgan fingerprint density at radius 3 is 2.73 bits per heavy atom. The van der Waals surface area contributed by atoms with Crippen molar-refractivity contribution in [1.29, 1.82) is 0 Å². The summed E-state index contributed by atoms with van der Waals surface area (Å²) in [4.78, 5) is 16.5. The van der Waals surface area contributed by atoms with Crippen molar-refractivity contribution >= 4 is 23.2 Å². The van der Waals surface area contributed by atoms with Crippen molar-refractivity contribution in [2.24, 2.45) is 0 Å². The van der Waals surface area contributed by atoms with E-state index in [1.165, 1.54) is 12.8 Å². The molecule has 1 aliphatic carbocycles. The second-order valence-electron chi connectivity index (χ2n) is 6.81. The smallest absolute Gasteiger partial charge is 0.234 e. The quantitative estimate of drug-likeness (QED) is 0.929. The average Bonchev–Trinajstić information content (AvgIpc) is 2.87. The fourth-order valence-electron chi connectivity index (χ4n) is 3.85. The molecule has 1 amide bonds. The third-order valence-corrected chi connectivity index (χ3v) is 5.17. The molecule has 1 saturated carbocycles. The maximum Gasteiger partial charge on any atom is 0.234 e. The van der Waals surface area contributed by atoms with Gasteiger partial charge in [-0.2, -0.15) is 0 Å². The van der Waals surface area contributed by atoms with Gasteiger partial charge in [0, 0.05) is 43.5 Å². The normalized spacial score (nSPS) is 21.1. The van der Waals surface area contributed by atoms with Gasteiger partial charge in [0.2, 0.25) is 5.91 Å². The molecule has 5 heteroatoms. The molecule has 0 aromatic heterocycles. The molecule has 4 nitrogen and oxygen atoms in total. The zero-order valence-electron chi connectivity index (χ0n) is 13.4. The minimum Gasteiger partial charge on any atom is -0.377 e. The van der Waals surface area contributed by atoms with Gasteiger partial charge >= 0.3 is 0 Å². The number of carbonyl (C=O) groups is 1. The summed E-state index contributed by atoms with van der Waals surface area (Å²) in [7, 11) is 4.05. The van der Waals surface area contributed by atoms with Crippen LogP contribution >= 0.6 is 11.6 Å². The van der Waals surface area contributed by atoms with Crippen LogP contribution in [0.4, 0.5) is 5.69 Å². The largest absolute Gasteiger partial charge is 0.377 e. The lowest BCUT2D eigenvalue weighted by Crippen LogP contribution is -2.61. The van der Waals surface area contributed by atoms with E-state index < -0.39 is 0 Å². The van der Waals surface area contributed by atoms with Gasteiger partial charge in [-0.15, -0.1) is 0 Å². The van der Waals surface area contributed by atoms with E-state index in [1.54, 1.807) is 0 Å². The highest BCUT2D eigenvalue weighted by molar-refractivity contribution is 6.31. The Morgan fingerprint density at radius 1 is 1.32 bits per heavy atom. The number of nitrogens with one attached hydrogen (secondary N) is 1. The third-order valence-electron chi connectivity index (χ3n) is 4.82. The number of halogens is 1. The van der Waals surface area contributed by atoms with Gasteiger partial charge in [-0.3, -0.25) is 9.69 Å². The number of amides is 1. The van der Waals surface area contributed by atoms with E-state index >= 15 is 0 Å². The summed E-state index contributed by atoms with van der Waals surface area (Å²) in [5, 5.41) is 4.01. The number of nitrogens with zero attached hydrogens (tertiary/aromatic N) is 2. The van der Waals surface area contributed by atoms with Crippen LogP contribution in [0, 0.1) is 0 Å². The van der Waals surface area contributed by atoms with Crippen LogP contribution in [-0.4, -0.2) is 43.5 Å². The van der Waals surface area contributed by atoms with E-state index in [0.29, 0.717) is 6.54 Å². The molecule has 1 aromatic rings. The van der Waals surface area contributed by atoms with Crippen molar-refractivity contribution < 1.29 is 4.79 Å². The number of rotatable bonds is 3. The van der Waals surface area contributed by atoms with Crippen LogP contribution in [-0.2, 0) is 11.3 Å². The van der Waals surface area contributed by atoms with Crippen LogP contribution in [0.15, 0.2) is 18.2 Å². The fourth-order valence-corrected chi connectivity index (χ4v) is 4.08. The first-order chi connectivity index (χ1) is 10.5. The van der Waals surface area contributed by atoms with Crippen molar-refractivity contribution in [1.82, 2.24) is 10.2 Å². The minimum absolute atomic E-state index is 0.00509. The van der Waals surface area contributed by atoms with E-state index in [4.69, 9.17) is 11.6 Å². The molecular formula is C17H24ClN3O. The maximum absolute atomic E-state index is 12.1. The van der Waals surface area contributed by atoms with E-state index in [0.717, 1.165) is 42.2 Å². The molecule has 0 radical (unpaired) electrons. The van der Waals surface area contributed by atoms with Crippen molar-refractivity contribution in [2.45, 2.75) is 37.8 Å².